The first-order chi connectivity index (χ1) is 15.0. The molecule has 0 aliphatic rings. The van der Waals surface area contributed by atoms with Crippen LogP contribution in [0.25, 0.3) is 0 Å². The Morgan fingerprint density at radius 1 is 1.03 bits per heavy atom. The lowest BCUT2D eigenvalue weighted by Gasteiger charge is -2.16. The van der Waals surface area contributed by atoms with E-state index in [9.17, 15) is 10.1 Å². The van der Waals surface area contributed by atoms with E-state index in [0.717, 1.165) is 11.3 Å². The van der Waals surface area contributed by atoms with Crippen molar-refractivity contribution in [3.05, 3.63) is 59.8 Å². The predicted molar refractivity (Wildman–Crippen MR) is 116 cm³/mol. The number of carbonyl (C=O) groups excluding carboxylic acids is 1. The second-order valence-corrected chi connectivity index (χ2v) is 6.46. The molecule has 164 valence electrons. The van der Waals surface area contributed by atoms with Crippen molar-refractivity contribution in [3.63, 3.8) is 0 Å². The van der Waals surface area contributed by atoms with E-state index in [-0.39, 0.29) is 11.6 Å². The molecule has 0 bridgehead atoms. The van der Waals surface area contributed by atoms with E-state index in [0.29, 0.717) is 30.4 Å². The van der Waals surface area contributed by atoms with E-state index >= 15 is 0 Å². The molecule has 0 radical (unpaired) electrons. The molecule has 1 unspecified atom stereocenters. The van der Waals surface area contributed by atoms with E-state index in [1.807, 2.05) is 19.1 Å². The highest BCUT2D eigenvalue weighted by Crippen LogP contribution is 2.29. The molecule has 0 aromatic heterocycles. The molecule has 0 heterocycles. The molecular weight excluding hydrogens is 398 g/mol. The minimum absolute atomic E-state index is 0.0308. The van der Waals surface area contributed by atoms with E-state index in [1.165, 1.54) is 6.20 Å². The Bertz CT molecular complexity index is 935. The van der Waals surface area contributed by atoms with Crippen LogP contribution in [0.2, 0.25) is 0 Å². The summed E-state index contributed by atoms with van der Waals surface area (Å²) >= 11 is 0. The molecule has 2 aromatic rings. The minimum atomic E-state index is -0.478. The average Bonchev–Trinajstić information content (AvgIpc) is 2.81. The Hall–Kier alpha value is -3.86. The van der Waals surface area contributed by atoms with Gasteiger partial charge in [-0.1, -0.05) is 6.07 Å². The average molecular weight is 425 g/mol. The van der Waals surface area contributed by atoms with Crippen molar-refractivity contribution in [2.45, 2.75) is 13.0 Å². The van der Waals surface area contributed by atoms with Crippen molar-refractivity contribution in [2.75, 3.05) is 34.5 Å². The number of ether oxygens (including phenoxy) is 4. The van der Waals surface area contributed by atoms with Gasteiger partial charge in [0.05, 0.1) is 27.4 Å². The summed E-state index contributed by atoms with van der Waals surface area (Å²) in [7, 11) is 4.71. The second kappa shape index (κ2) is 12.0. The number of nitrogens with zero attached hydrogens (tertiary/aromatic N) is 1. The first-order valence-electron chi connectivity index (χ1n) is 9.65. The zero-order chi connectivity index (χ0) is 22.6. The number of amides is 1. The van der Waals surface area contributed by atoms with Gasteiger partial charge in [-0.25, -0.2) is 0 Å². The van der Waals surface area contributed by atoms with Crippen LogP contribution in [0, 0.1) is 11.3 Å². The van der Waals surface area contributed by atoms with Gasteiger partial charge in [0.1, 0.15) is 29.7 Å². The van der Waals surface area contributed by atoms with Crippen LogP contribution in [0.15, 0.2) is 54.2 Å². The van der Waals surface area contributed by atoms with Gasteiger partial charge in [0, 0.05) is 12.7 Å². The van der Waals surface area contributed by atoms with Crippen LogP contribution < -0.4 is 29.6 Å². The van der Waals surface area contributed by atoms with Crippen molar-refractivity contribution in [2.24, 2.45) is 0 Å². The summed E-state index contributed by atoms with van der Waals surface area (Å²) in [5.74, 6) is 2.14. The molecule has 2 N–H and O–H groups in total. The van der Waals surface area contributed by atoms with Gasteiger partial charge in [0.15, 0.2) is 11.5 Å². The Balaban J connectivity index is 1.86. The molecule has 8 nitrogen and oxygen atoms in total. The summed E-state index contributed by atoms with van der Waals surface area (Å²) in [6.07, 6.45) is 1.38. The highest BCUT2D eigenvalue weighted by molar-refractivity contribution is 5.97. The van der Waals surface area contributed by atoms with E-state index in [4.69, 9.17) is 18.9 Å². The van der Waals surface area contributed by atoms with Gasteiger partial charge in [-0.2, -0.15) is 5.26 Å². The molecule has 0 aliphatic carbocycles. The first-order valence-corrected chi connectivity index (χ1v) is 9.65. The number of nitriles is 1. The number of benzene rings is 2. The number of rotatable bonds is 11. The van der Waals surface area contributed by atoms with Gasteiger partial charge in [0.25, 0.3) is 5.91 Å². The van der Waals surface area contributed by atoms with Crippen molar-refractivity contribution in [3.8, 4) is 29.1 Å². The minimum Gasteiger partial charge on any atom is -0.497 e. The van der Waals surface area contributed by atoms with E-state index in [2.05, 4.69) is 10.6 Å². The van der Waals surface area contributed by atoms with Crippen LogP contribution >= 0.6 is 0 Å². The molecule has 0 saturated carbocycles. The van der Waals surface area contributed by atoms with E-state index in [1.54, 1.807) is 57.7 Å². The van der Waals surface area contributed by atoms with Crippen molar-refractivity contribution in [1.29, 1.82) is 5.26 Å². The molecule has 1 atom stereocenters. The summed E-state index contributed by atoms with van der Waals surface area (Å²) in [4.78, 5) is 12.4. The summed E-state index contributed by atoms with van der Waals surface area (Å²) in [6, 6.07) is 14.2. The van der Waals surface area contributed by atoms with Crippen LogP contribution in [-0.2, 0) is 4.79 Å². The summed E-state index contributed by atoms with van der Waals surface area (Å²) in [6.45, 7) is 2.62. The predicted octanol–water partition coefficient (Wildman–Crippen LogP) is 2.97. The van der Waals surface area contributed by atoms with Crippen LogP contribution in [0.1, 0.15) is 18.5 Å². The Labute approximate surface area is 182 Å². The molecule has 31 heavy (non-hydrogen) atoms. The Morgan fingerprint density at radius 2 is 1.71 bits per heavy atom. The van der Waals surface area contributed by atoms with Gasteiger partial charge >= 0.3 is 0 Å². The molecular formula is C23H27N3O5. The third kappa shape index (κ3) is 6.85. The van der Waals surface area contributed by atoms with Crippen molar-refractivity contribution < 1.29 is 23.7 Å². The van der Waals surface area contributed by atoms with Gasteiger partial charge < -0.3 is 29.6 Å². The maximum Gasteiger partial charge on any atom is 0.263 e. The number of hydrogen-bond acceptors (Lipinski definition) is 7. The van der Waals surface area contributed by atoms with Crippen LogP contribution in [0.3, 0.4) is 0 Å². The normalized spacial score (nSPS) is 11.6. The second-order valence-electron chi connectivity index (χ2n) is 6.46. The molecule has 0 aliphatic heterocycles. The number of methoxy groups -OCH3 is 3. The summed E-state index contributed by atoms with van der Waals surface area (Å²) in [5.41, 5.74) is 0.793. The van der Waals surface area contributed by atoms with E-state index < -0.39 is 5.91 Å². The van der Waals surface area contributed by atoms with Crippen LogP contribution in [0.4, 0.5) is 0 Å². The maximum absolute atomic E-state index is 12.4. The molecule has 0 saturated heterocycles. The Morgan fingerprint density at radius 3 is 2.32 bits per heavy atom. The zero-order valence-corrected chi connectivity index (χ0v) is 18.1. The zero-order valence-electron chi connectivity index (χ0n) is 18.1. The molecule has 2 rings (SSSR count). The van der Waals surface area contributed by atoms with Gasteiger partial charge in [-0.05, 0) is 48.9 Å². The molecule has 0 fully saturated rings. The lowest BCUT2D eigenvalue weighted by molar-refractivity contribution is -0.117. The summed E-state index contributed by atoms with van der Waals surface area (Å²) in [5, 5.41) is 15.0. The van der Waals surface area contributed by atoms with Gasteiger partial charge in [0.2, 0.25) is 0 Å². The van der Waals surface area contributed by atoms with Crippen molar-refractivity contribution in [1.82, 2.24) is 10.6 Å². The molecule has 0 spiro atoms. The molecule has 8 heteroatoms. The maximum atomic E-state index is 12.4. The monoisotopic (exact) mass is 425 g/mol. The fourth-order valence-electron chi connectivity index (χ4n) is 2.70. The highest BCUT2D eigenvalue weighted by atomic mass is 16.5. The van der Waals surface area contributed by atoms with Crippen LogP contribution in [0.5, 0.6) is 23.0 Å². The number of carbonyl (C=O) groups is 1. The quantitative estimate of drug-likeness (QED) is 0.324. The fourth-order valence-corrected chi connectivity index (χ4v) is 2.70. The third-order valence-electron chi connectivity index (χ3n) is 4.44. The number of nitrogens with one attached hydrogen (secondary N) is 2. The van der Waals surface area contributed by atoms with Crippen LogP contribution in [-0.4, -0.2) is 40.4 Å². The SMILES string of the molecule is COc1ccc(OCCN/C=C(/C#N)C(=O)NC(C)c2ccc(OC)c(OC)c2)cc1. The molecule has 1 amide bonds. The van der Waals surface area contributed by atoms with Gasteiger partial charge in [-0.3, -0.25) is 4.79 Å². The van der Waals surface area contributed by atoms with Gasteiger partial charge in [-0.15, -0.1) is 0 Å². The first kappa shape index (κ1) is 23.4. The number of hydrogen-bond donors (Lipinski definition) is 2. The third-order valence-corrected chi connectivity index (χ3v) is 4.44. The standard InChI is InChI=1S/C23H27N3O5/c1-16(17-5-10-21(29-3)22(13-17)30-4)26-23(27)18(14-24)15-25-11-12-31-20-8-6-19(28-2)7-9-20/h5-10,13,15-16,25H,11-12H2,1-4H3,(H,26,27)/b18-15-. The molecule has 2 aromatic carbocycles. The Kier molecular flexibility index (Phi) is 9.05. The summed E-state index contributed by atoms with van der Waals surface area (Å²) < 4.78 is 21.2. The largest absolute Gasteiger partial charge is 0.497 e. The fraction of sp³-hybridized carbons (Fsp3) is 0.304. The highest BCUT2D eigenvalue weighted by Gasteiger charge is 2.15. The topological polar surface area (TPSA) is 102 Å². The lowest BCUT2D eigenvalue weighted by atomic mass is 10.1. The van der Waals surface area contributed by atoms with Crippen molar-refractivity contribution >= 4 is 5.91 Å². The smallest absolute Gasteiger partial charge is 0.263 e. The lowest BCUT2D eigenvalue weighted by Crippen LogP contribution is -2.29.